The van der Waals surface area contributed by atoms with E-state index in [1.807, 2.05) is 12.1 Å². The van der Waals surface area contributed by atoms with Gasteiger partial charge >= 0.3 is 0 Å². The van der Waals surface area contributed by atoms with Gasteiger partial charge in [-0.1, -0.05) is 99.9 Å². The molecular weight excluding hydrogens is 526 g/mol. The van der Waals surface area contributed by atoms with Crippen molar-refractivity contribution in [2.45, 2.75) is 95.9 Å². The van der Waals surface area contributed by atoms with E-state index < -0.39 is 5.92 Å². The standard InChI is InChI=1S/C36H41NO5/c38-32(24-19-17-23(18-20-24)21-30-33(39)27-13-9-10-14-28(27)34(30)40)22-25-11-5-1-2-6-12-26(25)35(41)37-31-16-8-4-3-7-15-29(31)36(37)42/h9-10,13-14,17-20,25-26,29-31H,1-8,11-12,15-16,21-22H2/t25-,26-,29-,31+/m1/s1. The summed E-state index contributed by atoms with van der Waals surface area (Å²) >= 11 is 0. The van der Waals surface area contributed by atoms with Gasteiger partial charge in [-0.3, -0.25) is 28.9 Å². The van der Waals surface area contributed by atoms with Crippen LogP contribution in [0.4, 0.5) is 0 Å². The Balaban J connectivity index is 1.12. The number of benzene rings is 2. The van der Waals surface area contributed by atoms with Crippen LogP contribution in [-0.4, -0.2) is 40.1 Å². The first-order valence-electron chi connectivity index (χ1n) is 16.1. The van der Waals surface area contributed by atoms with Crippen molar-refractivity contribution in [1.82, 2.24) is 4.90 Å². The Bertz CT molecular complexity index is 1340. The number of carbonyl (C=O) groups is 5. The second kappa shape index (κ2) is 12.4. The first-order valence-corrected chi connectivity index (χ1v) is 16.1. The second-order valence-corrected chi connectivity index (χ2v) is 12.9. The van der Waals surface area contributed by atoms with Gasteiger partial charge in [0.05, 0.1) is 17.9 Å². The molecule has 6 rings (SSSR count). The summed E-state index contributed by atoms with van der Waals surface area (Å²) in [5.74, 6) is -1.37. The zero-order chi connectivity index (χ0) is 29.2. The number of imide groups is 1. The SMILES string of the molecule is O=C(C[C@H]1CCCCCC[C@H]1C(=O)N1C(=O)[C@@H]2CCCCCC[C@@H]21)c1ccc(CC2C(=O)c3ccccc3C2=O)cc1. The van der Waals surface area contributed by atoms with Crippen LogP contribution in [0.3, 0.4) is 0 Å². The summed E-state index contributed by atoms with van der Waals surface area (Å²) in [4.78, 5) is 67.8. The number of rotatable bonds is 6. The molecule has 2 aromatic carbocycles. The first kappa shape index (κ1) is 28.7. The maximum atomic E-state index is 13.9. The highest BCUT2D eigenvalue weighted by molar-refractivity contribution is 6.26. The summed E-state index contributed by atoms with van der Waals surface area (Å²) in [6.07, 6.45) is 12.6. The van der Waals surface area contributed by atoms with Crippen LogP contribution in [0.1, 0.15) is 120 Å². The highest BCUT2D eigenvalue weighted by atomic mass is 16.2. The third kappa shape index (κ3) is 5.52. The van der Waals surface area contributed by atoms with Crippen LogP contribution in [0, 0.1) is 23.7 Å². The molecule has 6 nitrogen and oxygen atoms in total. The minimum Gasteiger partial charge on any atom is -0.294 e. The molecule has 4 aliphatic rings. The number of hydrogen-bond donors (Lipinski definition) is 0. The van der Waals surface area contributed by atoms with Crippen LogP contribution in [0.2, 0.25) is 0 Å². The zero-order valence-corrected chi connectivity index (χ0v) is 24.4. The van der Waals surface area contributed by atoms with Crippen molar-refractivity contribution in [3.05, 3.63) is 70.8 Å². The Morgan fingerprint density at radius 3 is 1.95 bits per heavy atom. The molecule has 2 amide bonds. The van der Waals surface area contributed by atoms with Crippen molar-refractivity contribution in [1.29, 1.82) is 0 Å². The van der Waals surface area contributed by atoms with E-state index in [0.29, 0.717) is 29.5 Å². The summed E-state index contributed by atoms with van der Waals surface area (Å²) in [7, 11) is 0. The molecule has 42 heavy (non-hydrogen) atoms. The Kier molecular flexibility index (Phi) is 8.50. The van der Waals surface area contributed by atoms with Gasteiger partial charge in [-0.2, -0.15) is 0 Å². The number of fused-ring (bicyclic) bond motifs is 2. The lowest BCUT2D eigenvalue weighted by Gasteiger charge is -2.49. The van der Waals surface area contributed by atoms with E-state index in [4.69, 9.17) is 0 Å². The molecule has 6 heteroatoms. The Labute approximate surface area is 248 Å². The molecule has 220 valence electrons. The van der Waals surface area contributed by atoms with E-state index in [2.05, 4.69) is 0 Å². The van der Waals surface area contributed by atoms with Crippen molar-refractivity contribution in [3.8, 4) is 0 Å². The van der Waals surface area contributed by atoms with Crippen LogP contribution < -0.4 is 0 Å². The quantitative estimate of drug-likeness (QED) is 0.166. The largest absolute Gasteiger partial charge is 0.294 e. The average molecular weight is 568 g/mol. The molecule has 2 aromatic rings. The number of carbonyl (C=O) groups excluding carboxylic acids is 5. The predicted molar refractivity (Wildman–Crippen MR) is 159 cm³/mol. The second-order valence-electron chi connectivity index (χ2n) is 12.9. The number of nitrogens with zero attached hydrogens (tertiary/aromatic N) is 1. The van der Waals surface area contributed by atoms with E-state index in [1.165, 1.54) is 12.8 Å². The Hall–Kier alpha value is -3.41. The molecule has 1 saturated heterocycles. The zero-order valence-electron chi connectivity index (χ0n) is 24.4. The highest BCUT2D eigenvalue weighted by Crippen LogP contribution is 2.41. The molecule has 3 aliphatic carbocycles. The lowest BCUT2D eigenvalue weighted by molar-refractivity contribution is -0.171. The van der Waals surface area contributed by atoms with Crippen molar-refractivity contribution in [2.24, 2.45) is 23.7 Å². The van der Waals surface area contributed by atoms with Crippen molar-refractivity contribution in [2.75, 3.05) is 0 Å². The van der Waals surface area contributed by atoms with Gasteiger partial charge in [0.2, 0.25) is 11.8 Å². The minimum atomic E-state index is -0.715. The van der Waals surface area contributed by atoms with E-state index in [0.717, 1.165) is 69.8 Å². The molecule has 0 aromatic heterocycles. The molecule has 0 spiro atoms. The van der Waals surface area contributed by atoms with Crippen LogP contribution in [-0.2, 0) is 16.0 Å². The van der Waals surface area contributed by atoms with Crippen molar-refractivity contribution >= 4 is 29.2 Å². The van der Waals surface area contributed by atoms with Gasteiger partial charge in [0.25, 0.3) is 0 Å². The molecule has 0 unspecified atom stereocenters. The van der Waals surface area contributed by atoms with Crippen LogP contribution in [0.5, 0.6) is 0 Å². The predicted octanol–water partition coefficient (Wildman–Crippen LogP) is 6.79. The third-order valence-electron chi connectivity index (χ3n) is 10.3. The lowest BCUT2D eigenvalue weighted by Crippen LogP contribution is -2.64. The molecular formula is C36H41NO5. The molecule has 4 atom stereocenters. The van der Waals surface area contributed by atoms with Gasteiger partial charge in [0.1, 0.15) is 0 Å². The fraction of sp³-hybridized carbons (Fsp3) is 0.528. The number of Topliss-reactive ketones (excluding diaryl/α,β-unsaturated/α-hetero) is 3. The molecule has 1 heterocycles. The smallest absolute Gasteiger partial charge is 0.234 e. The summed E-state index contributed by atoms with van der Waals surface area (Å²) in [5, 5.41) is 0. The summed E-state index contributed by atoms with van der Waals surface area (Å²) in [5.41, 5.74) is 2.41. The van der Waals surface area contributed by atoms with E-state index >= 15 is 0 Å². The average Bonchev–Trinajstić information content (AvgIpc) is 3.21. The minimum absolute atomic E-state index is 0.00381. The van der Waals surface area contributed by atoms with E-state index in [1.54, 1.807) is 41.3 Å². The number of likely N-dealkylation sites (tertiary alicyclic amines) is 1. The van der Waals surface area contributed by atoms with Crippen LogP contribution in [0.25, 0.3) is 0 Å². The van der Waals surface area contributed by atoms with E-state index in [-0.39, 0.29) is 53.0 Å². The first-order chi connectivity index (χ1) is 20.4. The lowest BCUT2D eigenvalue weighted by atomic mass is 9.74. The molecule has 0 N–H and O–H groups in total. The summed E-state index contributed by atoms with van der Waals surface area (Å²) in [6.45, 7) is 0. The van der Waals surface area contributed by atoms with Crippen LogP contribution >= 0.6 is 0 Å². The van der Waals surface area contributed by atoms with Gasteiger partial charge in [0.15, 0.2) is 17.3 Å². The number of β-lactam (4-membered cyclic amide) rings is 1. The monoisotopic (exact) mass is 567 g/mol. The molecule has 0 radical (unpaired) electrons. The number of ketones is 3. The maximum Gasteiger partial charge on any atom is 0.234 e. The molecule has 0 bridgehead atoms. The number of hydrogen-bond acceptors (Lipinski definition) is 5. The van der Waals surface area contributed by atoms with E-state index in [9.17, 15) is 24.0 Å². The summed E-state index contributed by atoms with van der Waals surface area (Å²) in [6, 6.07) is 14.3. The van der Waals surface area contributed by atoms with Crippen LogP contribution in [0.15, 0.2) is 48.5 Å². The fourth-order valence-corrected chi connectivity index (χ4v) is 7.91. The van der Waals surface area contributed by atoms with Gasteiger partial charge in [0, 0.05) is 29.0 Å². The van der Waals surface area contributed by atoms with Gasteiger partial charge in [-0.05, 0) is 43.6 Å². The number of amides is 2. The summed E-state index contributed by atoms with van der Waals surface area (Å²) < 4.78 is 0. The Morgan fingerprint density at radius 1 is 0.690 bits per heavy atom. The van der Waals surface area contributed by atoms with Gasteiger partial charge in [-0.25, -0.2) is 0 Å². The van der Waals surface area contributed by atoms with Crippen molar-refractivity contribution in [3.63, 3.8) is 0 Å². The molecule has 3 fully saturated rings. The third-order valence-corrected chi connectivity index (χ3v) is 10.3. The maximum absolute atomic E-state index is 13.9. The van der Waals surface area contributed by atoms with Crippen molar-refractivity contribution < 1.29 is 24.0 Å². The topological polar surface area (TPSA) is 88.6 Å². The molecule has 2 saturated carbocycles. The Morgan fingerprint density at radius 2 is 1.29 bits per heavy atom. The normalized spacial score (nSPS) is 26.8. The fourth-order valence-electron chi connectivity index (χ4n) is 7.91. The molecule has 1 aliphatic heterocycles. The van der Waals surface area contributed by atoms with Gasteiger partial charge in [-0.15, -0.1) is 0 Å². The highest BCUT2D eigenvalue weighted by Gasteiger charge is 2.51. The van der Waals surface area contributed by atoms with Gasteiger partial charge < -0.3 is 0 Å².